The molecule has 2 N–H and O–H groups in total. The van der Waals surface area contributed by atoms with Crippen LogP contribution in [0.15, 0.2) is 72.8 Å². The molecule has 0 aliphatic heterocycles. The first-order chi connectivity index (χ1) is 11.5. The summed E-state index contributed by atoms with van der Waals surface area (Å²) in [6.45, 7) is 0. The van der Waals surface area contributed by atoms with Gasteiger partial charge >= 0.3 is 5.97 Å². The Morgan fingerprint density at radius 2 is 1.50 bits per heavy atom. The number of ketones is 1. The van der Waals surface area contributed by atoms with Gasteiger partial charge in [-0.1, -0.05) is 48.5 Å². The van der Waals surface area contributed by atoms with E-state index in [1.165, 1.54) is 6.08 Å². The monoisotopic (exact) mass is 321 g/mol. The van der Waals surface area contributed by atoms with E-state index in [-0.39, 0.29) is 5.78 Å². The average molecular weight is 321 g/mol. The van der Waals surface area contributed by atoms with Gasteiger partial charge in [0.2, 0.25) is 5.91 Å². The number of benzene rings is 2. The van der Waals surface area contributed by atoms with Gasteiger partial charge in [-0.05, 0) is 23.8 Å². The van der Waals surface area contributed by atoms with Gasteiger partial charge in [0.25, 0.3) is 0 Å². The third kappa shape index (κ3) is 5.38. The van der Waals surface area contributed by atoms with Crippen molar-refractivity contribution in [1.82, 2.24) is 0 Å². The molecule has 120 valence electrons. The molecule has 0 bridgehead atoms. The molecule has 0 saturated heterocycles. The lowest BCUT2D eigenvalue weighted by molar-refractivity contribution is -0.131. The molecular formula is C19H15NO4. The average Bonchev–Trinajstić information content (AvgIpc) is 2.60. The number of carbonyl (C=O) groups excluding carboxylic acids is 2. The largest absolute Gasteiger partial charge is 0.478 e. The summed E-state index contributed by atoms with van der Waals surface area (Å²) in [4.78, 5) is 33.7. The van der Waals surface area contributed by atoms with E-state index in [1.54, 1.807) is 54.6 Å². The van der Waals surface area contributed by atoms with Crippen molar-refractivity contribution in [3.8, 4) is 0 Å². The van der Waals surface area contributed by atoms with E-state index in [9.17, 15) is 14.4 Å². The van der Waals surface area contributed by atoms with E-state index in [2.05, 4.69) is 5.32 Å². The number of carbonyl (C=O) groups is 3. The quantitative estimate of drug-likeness (QED) is 0.632. The highest BCUT2D eigenvalue weighted by Crippen LogP contribution is 2.11. The molecule has 0 spiro atoms. The topological polar surface area (TPSA) is 83.5 Å². The predicted molar refractivity (Wildman–Crippen MR) is 91.7 cm³/mol. The van der Waals surface area contributed by atoms with Crippen LogP contribution in [-0.2, 0) is 9.59 Å². The Bertz CT molecular complexity index is 790. The molecule has 5 heteroatoms. The Hall–Kier alpha value is -3.47. The van der Waals surface area contributed by atoms with Gasteiger partial charge in [0.1, 0.15) is 0 Å². The highest BCUT2D eigenvalue weighted by Gasteiger charge is 2.01. The summed E-state index contributed by atoms with van der Waals surface area (Å²) in [5.41, 5.74) is 1.95. The zero-order valence-corrected chi connectivity index (χ0v) is 12.7. The SMILES string of the molecule is O=C(O)C=CC(=O)Nc1ccc(C=CC(=O)c2ccccc2)cc1. The van der Waals surface area contributed by atoms with Crippen LogP contribution >= 0.6 is 0 Å². The fraction of sp³-hybridized carbons (Fsp3) is 0. The zero-order valence-electron chi connectivity index (χ0n) is 12.7. The van der Waals surface area contributed by atoms with Gasteiger partial charge in [0, 0.05) is 23.4 Å². The van der Waals surface area contributed by atoms with Gasteiger partial charge in [0.15, 0.2) is 5.78 Å². The molecule has 2 aromatic rings. The number of aliphatic carboxylic acids is 1. The second-order valence-electron chi connectivity index (χ2n) is 4.85. The minimum absolute atomic E-state index is 0.0909. The molecule has 2 rings (SSSR count). The van der Waals surface area contributed by atoms with Crippen molar-refractivity contribution in [1.29, 1.82) is 0 Å². The maximum Gasteiger partial charge on any atom is 0.328 e. The first kappa shape index (κ1) is 16.9. The lowest BCUT2D eigenvalue weighted by Crippen LogP contribution is -2.08. The van der Waals surface area contributed by atoms with Crippen LogP contribution in [0.3, 0.4) is 0 Å². The molecule has 2 aromatic carbocycles. The predicted octanol–water partition coefficient (Wildman–Crippen LogP) is 3.16. The van der Waals surface area contributed by atoms with Crippen molar-refractivity contribution < 1.29 is 19.5 Å². The maximum absolute atomic E-state index is 12.0. The number of carboxylic acids is 1. The summed E-state index contributed by atoms with van der Waals surface area (Å²) in [6.07, 6.45) is 4.88. The van der Waals surface area contributed by atoms with Gasteiger partial charge < -0.3 is 10.4 Å². The smallest absolute Gasteiger partial charge is 0.328 e. The lowest BCUT2D eigenvalue weighted by atomic mass is 10.1. The molecule has 0 aromatic heterocycles. The zero-order chi connectivity index (χ0) is 17.4. The summed E-state index contributed by atoms with van der Waals surface area (Å²) in [5, 5.41) is 11.0. The summed E-state index contributed by atoms with van der Waals surface area (Å²) < 4.78 is 0. The Morgan fingerprint density at radius 3 is 2.12 bits per heavy atom. The van der Waals surface area contributed by atoms with Crippen molar-refractivity contribution in [2.75, 3.05) is 5.32 Å². The minimum Gasteiger partial charge on any atom is -0.478 e. The number of hydrogen-bond acceptors (Lipinski definition) is 3. The molecule has 0 radical (unpaired) electrons. The van der Waals surface area contributed by atoms with Crippen LogP contribution in [0, 0.1) is 0 Å². The third-order valence-electron chi connectivity index (χ3n) is 3.04. The lowest BCUT2D eigenvalue weighted by Gasteiger charge is -2.02. The van der Waals surface area contributed by atoms with Crippen molar-refractivity contribution in [2.24, 2.45) is 0 Å². The van der Waals surface area contributed by atoms with Gasteiger partial charge in [-0.2, -0.15) is 0 Å². The molecule has 5 nitrogen and oxygen atoms in total. The van der Waals surface area contributed by atoms with Gasteiger partial charge in [-0.25, -0.2) is 4.79 Å². The number of carboxylic acid groups (broad SMARTS) is 1. The summed E-state index contributed by atoms with van der Waals surface area (Å²) in [6, 6.07) is 15.8. The molecule has 0 aliphatic carbocycles. The first-order valence-electron chi connectivity index (χ1n) is 7.14. The standard InChI is InChI=1S/C19H15NO4/c21-17(15-4-2-1-3-5-15)11-8-14-6-9-16(10-7-14)20-18(22)12-13-19(23)24/h1-13H,(H,20,22)(H,23,24). The molecule has 24 heavy (non-hydrogen) atoms. The Kier molecular flexibility index (Phi) is 5.80. The van der Waals surface area contributed by atoms with Gasteiger partial charge in [-0.15, -0.1) is 0 Å². The molecule has 0 fully saturated rings. The molecule has 0 atom stereocenters. The number of nitrogens with one attached hydrogen (secondary N) is 1. The highest BCUT2D eigenvalue weighted by atomic mass is 16.4. The first-order valence-corrected chi connectivity index (χ1v) is 7.14. The second-order valence-corrected chi connectivity index (χ2v) is 4.85. The van der Waals surface area contributed by atoms with Crippen LogP contribution < -0.4 is 5.32 Å². The molecular weight excluding hydrogens is 306 g/mol. The number of allylic oxidation sites excluding steroid dienone is 1. The Balaban J connectivity index is 1.97. The van der Waals surface area contributed by atoms with E-state index in [0.717, 1.165) is 17.7 Å². The number of hydrogen-bond donors (Lipinski definition) is 2. The van der Waals surface area contributed by atoms with Crippen molar-refractivity contribution >= 4 is 29.4 Å². The summed E-state index contributed by atoms with van der Waals surface area (Å²) in [7, 11) is 0. The Labute approximate surface area is 138 Å². The molecule has 0 heterocycles. The molecule has 0 saturated carbocycles. The van der Waals surface area contributed by atoms with E-state index in [4.69, 9.17) is 5.11 Å². The fourth-order valence-electron chi connectivity index (χ4n) is 1.88. The second kappa shape index (κ2) is 8.24. The fourth-order valence-corrected chi connectivity index (χ4v) is 1.88. The summed E-state index contributed by atoms with van der Waals surface area (Å²) >= 11 is 0. The van der Waals surface area contributed by atoms with Crippen molar-refractivity contribution in [2.45, 2.75) is 0 Å². The van der Waals surface area contributed by atoms with Crippen LogP contribution in [-0.4, -0.2) is 22.8 Å². The minimum atomic E-state index is -1.19. The van der Waals surface area contributed by atoms with E-state index in [0.29, 0.717) is 11.3 Å². The molecule has 0 aliphatic rings. The normalized spacial score (nSPS) is 10.8. The van der Waals surface area contributed by atoms with Crippen molar-refractivity contribution in [3.05, 3.63) is 84.0 Å². The highest BCUT2D eigenvalue weighted by molar-refractivity contribution is 6.06. The molecule has 1 amide bonds. The summed E-state index contributed by atoms with van der Waals surface area (Å²) in [5.74, 6) is -1.81. The maximum atomic E-state index is 12.0. The number of amides is 1. The molecule has 0 unspecified atom stereocenters. The Morgan fingerprint density at radius 1 is 0.833 bits per heavy atom. The third-order valence-corrected chi connectivity index (χ3v) is 3.04. The van der Waals surface area contributed by atoms with Crippen LogP contribution in [0.5, 0.6) is 0 Å². The van der Waals surface area contributed by atoms with Crippen molar-refractivity contribution in [3.63, 3.8) is 0 Å². The van der Waals surface area contributed by atoms with E-state index < -0.39 is 11.9 Å². The van der Waals surface area contributed by atoms with Crippen LogP contribution in [0.25, 0.3) is 6.08 Å². The van der Waals surface area contributed by atoms with Crippen LogP contribution in [0.2, 0.25) is 0 Å². The number of anilines is 1. The van der Waals surface area contributed by atoms with Gasteiger partial charge in [-0.3, -0.25) is 9.59 Å². The van der Waals surface area contributed by atoms with E-state index in [1.807, 2.05) is 6.07 Å². The van der Waals surface area contributed by atoms with Crippen LogP contribution in [0.1, 0.15) is 15.9 Å². The van der Waals surface area contributed by atoms with Crippen LogP contribution in [0.4, 0.5) is 5.69 Å². The number of rotatable bonds is 6. The van der Waals surface area contributed by atoms with E-state index >= 15 is 0 Å². The van der Waals surface area contributed by atoms with Gasteiger partial charge in [0.05, 0.1) is 0 Å².